The van der Waals surface area contributed by atoms with Crippen LogP contribution in [0.5, 0.6) is 0 Å². The molecule has 1 unspecified atom stereocenters. The first-order chi connectivity index (χ1) is 14.8. The van der Waals surface area contributed by atoms with Crippen LogP contribution < -0.4 is 5.43 Å². The van der Waals surface area contributed by atoms with Gasteiger partial charge in [-0.25, -0.2) is 0 Å². The van der Waals surface area contributed by atoms with Crippen molar-refractivity contribution in [3.05, 3.63) is 79.7 Å². The summed E-state index contributed by atoms with van der Waals surface area (Å²) in [5.74, 6) is -0.0837. The van der Waals surface area contributed by atoms with Gasteiger partial charge >= 0.3 is 0 Å². The van der Waals surface area contributed by atoms with E-state index in [0.717, 1.165) is 36.3 Å². The quantitative estimate of drug-likeness (QED) is 0.546. The summed E-state index contributed by atoms with van der Waals surface area (Å²) < 4.78 is 6.07. The first-order valence-electron chi connectivity index (χ1n) is 10.7. The van der Waals surface area contributed by atoms with Crippen LogP contribution in [0, 0.1) is 13.8 Å². The van der Waals surface area contributed by atoms with Gasteiger partial charge in [0.2, 0.25) is 5.76 Å². The molecule has 6 heteroatoms. The number of likely N-dealkylation sites (N-methyl/N-ethyl adjacent to an activating group) is 1. The highest BCUT2D eigenvalue weighted by Gasteiger charge is 2.42. The monoisotopic (exact) mass is 438 g/mol. The highest BCUT2D eigenvalue weighted by atomic mass is 35.5. The van der Waals surface area contributed by atoms with Crippen molar-refractivity contribution in [2.75, 3.05) is 26.2 Å². The Hall–Kier alpha value is -2.63. The van der Waals surface area contributed by atoms with Crippen molar-refractivity contribution in [3.63, 3.8) is 0 Å². The summed E-state index contributed by atoms with van der Waals surface area (Å²) in [4.78, 5) is 31.1. The average molecular weight is 439 g/mol. The fraction of sp³-hybridized carbons (Fsp3) is 0.360. The third kappa shape index (κ3) is 3.77. The van der Waals surface area contributed by atoms with Crippen LogP contribution in [0.25, 0.3) is 11.0 Å². The van der Waals surface area contributed by atoms with E-state index in [1.54, 1.807) is 17.0 Å². The van der Waals surface area contributed by atoms with E-state index in [9.17, 15) is 9.59 Å². The van der Waals surface area contributed by atoms with E-state index in [0.29, 0.717) is 28.1 Å². The van der Waals surface area contributed by atoms with E-state index < -0.39 is 6.04 Å². The molecule has 0 bridgehead atoms. The minimum absolute atomic E-state index is 0.141. The summed E-state index contributed by atoms with van der Waals surface area (Å²) in [6, 6.07) is 10.6. The van der Waals surface area contributed by atoms with Gasteiger partial charge in [-0.2, -0.15) is 0 Å². The lowest BCUT2D eigenvalue weighted by molar-refractivity contribution is 0.0708. The van der Waals surface area contributed by atoms with Gasteiger partial charge in [-0.1, -0.05) is 37.6 Å². The highest BCUT2D eigenvalue weighted by Crippen LogP contribution is 2.38. The van der Waals surface area contributed by atoms with Gasteiger partial charge in [-0.05, 0) is 67.9 Å². The molecule has 31 heavy (non-hydrogen) atoms. The van der Waals surface area contributed by atoms with Gasteiger partial charge in [0, 0.05) is 18.1 Å². The van der Waals surface area contributed by atoms with Crippen molar-refractivity contribution >= 4 is 28.5 Å². The van der Waals surface area contributed by atoms with Gasteiger partial charge in [-0.3, -0.25) is 9.59 Å². The van der Waals surface area contributed by atoms with Gasteiger partial charge in [-0.15, -0.1) is 0 Å². The summed E-state index contributed by atoms with van der Waals surface area (Å²) in [6.07, 6.45) is 0. The van der Waals surface area contributed by atoms with Crippen molar-refractivity contribution in [1.29, 1.82) is 0 Å². The average Bonchev–Trinajstić information content (AvgIpc) is 3.03. The van der Waals surface area contributed by atoms with E-state index in [-0.39, 0.29) is 17.1 Å². The third-order valence-corrected chi connectivity index (χ3v) is 6.57. The summed E-state index contributed by atoms with van der Waals surface area (Å²) in [5, 5.41) is 1.12. The Morgan fingerprint density at radius 1 is 1.03 bits per heavy atom. The Bertz CT molecular complexity index is 1200. The number of hydrogen-bond donors (Lipinski definition) is 0. The zero-order valence-electron chi connectivity index (χ0n) is 18.4. The van der Waals surface area contributed by atoms with Gasteiger partial charge in [0.15, 0.2) is 5.43 Å². The van der Waals surface area contributed by atoms with E-state index in [1.165, 1.54) is 0 Å². The molecule has 3 aromatic rings. The SMILES string of the molecule is CCN(CC)CCN1C(=O)c2oc3cc(C)c(C)cc3c(=O)c2C1c1ccc(Cl)cc1. The molecule has 4 rings (SSSR count). The standard InChI is InChI=1S/C25H27ClN2O3/c1-5-27(6-2)11-12-28-22(17-7-9-18(26)10-8-17)21-23(29)19-13-15(3)16(4)14-20(19)31-24(21)25(28)30/h7-10,13-14,22H,5-6,11-12H2,1-4H3. The van der Waals surface area contributed by atoms with Crippen LogP contribution in [-0.4, -0.2) is 41.9 Å². The van der Waals surface area contributed by atoms with Gasteiger partial charge in [0.25, 0.3) is 5.91 Å². The number of fused-ring (bicyclic) bond motifs is 2. The molecule has 0 spiro atoms. The first kappa shape index (κ1) is 21.6. The Kier molecular flexibility index (Phi) is 5.91. The molecule has 1 atom stereocenters. The molecule has 5 nitrogen and oxygen atoms in total. The molecule has 1 amide bonds. The van der Waals surface area contributed by atoms with E-state index in [2.05, 4.69) is 18.7 Å². The number of halogens is 1. The lowest BCUT2D eigenvalue weighted by Crippen LogP contribution is -2.37. The summed E-state index contributed by atoms with van der Waals surface area (Å²) in [5.41, 5.74) is 3.63. The van der Waals surface area contributed by atoms with Crippen LogP contribution in [0.3, 0.4) is 0 Å². The zero-order valence-corrected chi connectivity index (χ0v) is 19.1. The second-order valence-electron chi connectivity index (χ2n) is 8.09. The molecule has 2 aromatic carbocycles. The zero-order chi connectivity index (χ0) is 22.3. The number of rotatable bonds is 6. The van der Waals surface area contributed by atoms with Gasteiger partial charge in [0.1, 0.15) is 5.58 Å². The fourth-order valence-electron chi connectivity index (χ4n) is 4.29. The number of carbonyl (C=O) groups is 1. The molecule has 1 aliphatic heterocycles. The number of benzene rings is 2. The molecule has 0 N–H and O–H groups in total. The number of nitrogens with zero attached hydrogens (tertiary/aromatic N) is 2. The number of amides is 1. The Balaban J connectivity index is 1.89. The molecule has 1 aliphatic rings. The predicted molar refractivity (Wildman–Crippen MR) is 124 cm³/mol. The second kappa shape index (κ2) is 8.48. The van der Waals surface area contributed by atoms with Crippen molar-refractivity contribution in [3.8, 4) is 0 Å². The lowest BCUT2D eigenvalue weighted by Gasteiger charge is -2.28. The van der Waals surface area contributed by atoms with Crippen molar-refractivity contribution in [1.82, 2.24) is 9.80 Å². The highest BCUT2D eigenvalue weighted by molar-refractivity contribution is 6.30. The summed E-state index contributed by atoms with van der Waals surface area (Å²) in [7, 11) is 0. The molecule has 0 aliphatic carbocycles. The summed E-state index contributed by atoms with van der Waals surface area (Å²) in [6.45, 7) is 11.2. The smallest absolute Gasteiger partial charge is 0.290 e. The Morgan fingerprint density at radius 2 is 1.68 bits per heavy atom. The minimum Gasteiger partial charge on any atom is -0.450 e. The van der Waals surface area contributed by atoms with Crippen LogP contribution in [-0.2, 0) is 0 Å². The molecule has 162 valence electrons. The summed E-state index contributed by atoms with van der Waals surface area (Å²) >= 11 is 6.10. The molecule has 1 aromatic heterocycles. The molecule has 0 fully saturated rings. The van der Waals surface area contributed by atoms with E-state index >= 15 is 0 Å². The van der Waals surface area contributed by atoms with Gasteiger partial charge < -0.3 is 14.2 Å². The number of hydrogen-bond acceptors (Lipinski definition) is 4. The fourth-order valence-corrected chi connectivity index (χ4v) is 4.41. The molecule has 0 saturated heterocycles. The van der Waals surface area contributed by atoms with Crippen LogP contribution in [0.2, 0.25) is 5.02 Å². The number of carbonyl (C=O) groups excluding carboxylic acids is 1. The first-order valence-corrected chi connectivity index (χ1v) is 11.1. The normalized spacial score (nSPS) is 15.9. The molecule has 2 heterocycles. The van der Waals surface area contributed by atoms with Gasteiger partial charge in [0.05, 0.1) is 17.0 Å². The molecular weight excluding hydrogens is 412 g/mol. The van der Waals surface area contributed by atoms with Crippen molar-refractivity contribution in [2.45, 2.75) is 33.7 Å². The lowest BCUT2D eigenvalue weighted by atomic mass is 9.97. The van der Waals surface area contributed by atoms with Crippen LogP contribution >= 0.6 is 11.6 Å². The third-order valence-electron chi connectivity index (χ3n) is 6.32. The van der Waals surface area contributed by atoms with Crippen molar-refractivity contribution in [2.24, 2.45) is 0 Å². The number of aryl methyl sites for hydroxylation is 2. The van der Waals surface area contributed by atoms with E-state index in [1.807, 2.05) is 38.1 Å². The largest absolute Gasteiger partial charge is 0.450 e. The van der Waals surface area contributed by atoms with Crippen molar-refractivity contribution < 1.29 is 9.21 Å². The van der Waals surface area contributed by atoms with Crippen LogP contribution in [0.15, 0.2) is 45.6 Å². The topological polar surface area (TPSA) is 53.8 Å². The second-order valence-corrected chi connectivity index (χ2v) is 8.52. The molecule has 0 saturated carbocycles. The Morgan fingerprint density at radius 3 is 2.32 bits per heavy atom. The van der Waals surface area contributed by atoms with Crippen LogP contribution in [0.4, 0.5) is 0 Å². The maximum absolute atomic E-state index is 13.6. The maximum Gasteiger partial charge on any atom is 0.290 e. The maximum atomic E-state index is 13.6. The molecule has 0 radical (unpaired) electrons. The Labute approximate surface area is 187 Å². The predicted octanol–water partition coefficient (Wildman–Crippen LogP) is 4.95. The van der Waals surface area contributed by atoms with E-state index in [4.69, 9.17) is 16.0 Å². The molecular formula is C25H27ClN2O3. The van der Waals surface area contributed by atoms with Crippen LogP contribution in [0.1, 0.15) is 52.7 Å². The minimum atomic E-state index is -0.488.